The van der Waals surface area contributed by atoms with Crippen LogP contribution in [-0.4, -0.2) is 42.0 Å². The molecule has 14 heavy (non-hydrogen) atoms. The van der Waals surface area contributed by atoms with Crippen LogP contribution in [-0.2, 0) is 0 Å². The zero-order valence-corrected chi connectivity index (χ0v) is 8.78. The standard InChI is InChI=1S/C11H19N3/c12-10-13-8-4-11(5-9-13)14-6-2-1-3-7-14/h11H,1-9H2. The Morgan fingerprint density at radius 2 is 1.57 bits per heavy atom. The lowest BCUT2D eigenvalue weighted by atomic mass is 10.0. The summed E-state index contributed by atoms with van der Waals surface area (Å²) in [5.74, 6) is 0. The molecule has 2 aliphatic rings. The van der Waals surface area contributed by atoms with E-state index in [-0.39, 0.29) is 0 Å². The highest BCUT2D eigenvalue weighted by Gasteiger charge is 2.24. The van der Waals surface area contributed by atoms with Crippen molar-refractivity contribution in [3.63, 3.8) is 0 Å². The second-order valence-corrected chi connectivity index (χ2v) is 4.41. The Bertz CT molecular complexity index is 207. The van der Waals surface area contributed by atoms with E-state index in [1.54, 1.807) is 0 Å². The van der Waals surface area contributed by atoms with Crippen LogP contribution in [0.15, 0.2) is 0 Å². The topological polar surface area (TPSA) is 30.3 Å². The number of rotatable bonds is 1. The summed E-state index contributed by atoms with van der Waals surface area (Å²) < 4.78 is 0. The maximum atomic E-state index is 8.75. The Balaban J connectivity index is 1.79. The molecule has 0 aromatic carbocycles. The number of likely N-dealkylation sites (tertiary alicyclic amines) is 2. The molecule has 0 unspecified atom stereocenters. The highest BCUT2D eigenvalue weighted by Crippen LogP contribution is 2.20. The minimum absolute atomic E-state index is 0.764. The molecule has 2 aliphatic heterocycles. The molecular formula is C11H19N3. The molecule has 2 heterocycles. The number of hydrogen-bond acceptors (Lipinski definition) is 3. The van der Waals surface area contributed by atoms with E-state index in [0.717, 1.165) is 19.1 Å². The van der Waals surface area contributed by atoms with Crippen LogP contribution in [0.3, 0.4) is 0 Å². The highest BCUT2D eigenvalue weighted by atomic mass is 15.2. The molecular weight excluding hydrogens is 174 g/mol. The fourth-order valence-electron chi connectivity index (χ4n) is 2.61. The summed E-state index contributed by atoms with van der Waals surface area (Å²) in [5, 5.41) is 8.75. The van der Waals surface area contributed by atoms with Crippen LogP contribution in [0.2, 0.25) is 0 Å². The van der Waals surface area contributed by atoms with Gasteiger partial charge in [-0.1, -0.05) is 6.42 Å². The Hall–Kier alpha value is -0.750. The van der Waals surface area contributed by atoms with Gasteiger partial charge in [-0.25, -0.2) is 0 Å². The van der Waals surface area contributed by atoms with Crippen molar-refractivity contribution in [3.05, 3.63) is 0 Å². The summed E-state index contributed by atoms with van der Waals surface area (Å²) in [6.07, 6.45) is 8.78. The number of nitriles is 1. The van der Waals surface area contributed by atoms with Crippen LogP contribution in [0.4, 0.5) is 0 Å². The second kappa shape index (κ2) is 4.65. The summed E-state index contributed by atoms with van der Waals surface area (Å²) in [6, 6.07) is 0.764. The minimum Gasteiger partial charge on any atom is -0.311 e. The predicted octanol–water partition coefficient (Wildman–Crippen LogP) is 1.42. The Morgan fingerprint density at radius 3 is 2.14 bits per heavy atom. The van der Waals surface area contributed by atoms with Crippen molar-refractivity contribution in [1.82, 2.24) is 9.80 Å². The normalized spacial score (nSPS) is 26.1. The smallest absolute Gasteiger partial charge is 0.179 e. The van der Waals surface area contributed by atoms with Gasteiger partial charge >= 0.3 is 0 Å². The molecule has 0 aromatic rings. The molecule has 0 bridgehead atoms. The van der Waals surface area contributed by atoms with Gasteiger partial charge < -0.3 is 9.80 Å². The lowest BCUT2D eigenvalue weighted by Crippen LogP contribution is -2.45. The lowest BCUT2D eigenvalue weighted by Gasteiger charge is -2.38. The quantitative estimate of drug-likeness (QED) is 0.590. The molecule has 78 valence electrons. The van der Waals surface area contributed by atoms with Crippen LogP contribution in [0, 0.1) is 11.5 Å². The predicted molar refractivity (Wildman–Crippen MR) is 55.6 cm³/mol. The summed E-state index contributed by atoms with van der Waals surface area (Å²) in [4.78, 5) is 4.53. The molecule has 3 heteroatoms. The molecule has 2 saturated heterocycles. The SMILES string of the molecule is N#CN1CCC(N2CCCCC2)CC1. The Kier molecular flexibility index (Phi) is 3.26. The van der Waals surface area contributed by atoms with Crippen molar-refractivity contribution in [2.24, 2.45) is 0 Å². The van der Waals surface area contributed by atoms with Crippen molar-refractivity contribution >= 4 is 0 Å². The van der Waals surface area contributed by atoms with E-state index < -0.39 is 0 Å². The average molecular weight is 193 g/mol. The summed E-state index contributed by atoms with van der Waals surface area (Å²) >= 11 is 0. The van der Waals surface area contributed by atoms with Crippen molar-refractivity contribution in [2.75, 3.05) is 26.2 Å². The van der Waals surface area contributed by atoms with Gasteiger partial charge in [0.05, 0.1) is 0 Å². The maximum Gasteiger partial charge on any atom is 0.179 e. The molecule has 0 radical (unpaired) electrons. The van der Waals surface area contributed by atoms with E-state index >= 15 is 0 Å². The average Bonchev–Trinajstić information content (AvgIpc) is 2.30. The van der Waals surface area contributed by atoms with Gasteiger partial charge in [0.15, 0.2) is 6.19 Å². The van der Waals surface area contributed by atoms with Gasteiger partial charge in [0, 0.05) is 19.1 Å². The van der Waals surface area contributed by atoms with E-state index in [9.17, 15) is 0 Å². The molecule has 2 rings (SSSR count). The summed E-state index contributed by atoms with van der Waals surface area (Å²) in [7, 11) is 0. The fraction of sp³-hybridized carbons (Fsp3) is 0.909. The van der Waals surface area contributed by atoms with Crippen LogP contribution in [0.5, 0.6) is 0 Å². The minimum atomic E-state index is 0.764. The van der Waals surface area contributed by atoms with Crippen molar-refractivity contribution in [1.29, 1.82) is 5.26 Å². The second-order valence-electron chi connectivity index (χ2n) is 4.41. The fourth-order valence-corrected chi connectivity index (χ4v) is 2.61. The first-order valence-electron chi connectivity index (χ1n) is 5.79. The van der Waals surface area contributed by atoms with Crippen molar-refractivity contribution in [2.45, 2.75) is 38.1 Å². The zero-order chi connectivity index (χ0) is 9.80. The van der Waals surface area contributed by atoms with Crippen molar-refractivity contribution in [3.8, 4) is 6.19 Å². The third-order valence-corrected chi connectivity index (χ3v) is 3.51. The molecule has 2 fully saturated rings. The zero-order valence-electron chi connectivity index (χ0n) is 8.78. The number of piperidine rings is 2. The summed E-state index contributed by atoms with van der Waals surface area (Å²) in [6.45, 7) is 4.52. The largest absolute Gasteiger partial charge is 0.311 e. The van der Waals surface area contributed by atoms with Gasteiger partial charge in [-0.05, 0) is 38.8 Å². The van der Waals surface area contributed by atoms with Crippen molar-refractivity contribution < 1.29 is 0 Å². The van der Waals surface area contributed by atoms with E-state index in [1.807, 2.05) is 4.90 Å². The molecule has 0 N–H and O–H groups in total. The van der Waals surface area contributed by atoms with Gasteiger partial charge in [-0.3, -0.25) is 0 Å². The van der Waals surface area contributed by atoms with Crippen LogP contribution in [0.25, 0.3) is 0 Å². The third-order valence-electron chi connectivity index (χ3n) is 3.51. The molecule has 0 aliphatic carbocycles. The third kappa shape index (κ3) is 2.19. The van der Waals surface area contributed by atoms with Gasteiger partial charge in [0.2, 0.25) is 0 Å². The number of hydrogen-bond donors (Lipinski definition) is 0. The Labute approximate surface area is 86.3 Å². The van der Waals surface area contributed by atoms with Gasteiger partial charge in [0.25, 0.3) is 0 Å². The van der Waals surface area contributed by atoms with Gasteiger partial charge in [0.1, 0.15) is 0 Å². The summed E-state index contributed by atoms with van der Waals surface area (Å²) in [5.41, 5.74) is 0. The van der Waals surface area contributed by atoms with Gasteiger partial charge in [-0.2, -0.15) is 5.26 Å². The first-order chi connectivity index (χ1) is 6.90. The highest BCUT2D eigenvalue weighted by molar-refractivity contribution is 4.85. The van der Waals surface area contributed by atoms with Crippen LogP contribution < -0.4 is 0 Å². The maximum absolute atomic E-state index is 8.75. The first-order valence-corrected chi connectivity index (χ1v) is 5.79. The van der Waals surface area contributed by atoms with E-state index in [1.165, 1.54) is 45.2 Å². The lowest BCUT2D eigenvalue weighted by molar-refractivity contribution is 0.111. The number of nitrogens with zero attached hydrogens (tertiary/aromatic N) is 3. The van der Waals surface area contributed by atoms with Crippen LogP contribution >= 0.6 is 0 Å². The Morgan fingerprint density at radius 1 is 0.929 bits per heavy atom. The monoisotopic (exact) mass is 193 g/mol. The molecule has 0 spiro atoms. The van der Waals surface area contributed by atoms with E-state index in [0.29, 0.717) is 0 Å². The van der Waals surface area contributed by atoms with Crippen LogP contribution in [0.1, 0.15) is 32.1 Å². The molecule has 0 atom stereocenters. The molecule has 0 aromatic heterocycles. The first kappa shape index (κ1) is 9.79. The molecule has 3 nitrogen and oxygen atoms in total. The van der Waals surface area contributed by atoms with E-state index in [2.05, 4.69) is 11.1 Å². The van der Waals surface area contributed by atoms with Gasteiger partial charge in [-0.15, -0.1) is 0 Å². The molecule has 0 saturated carbocycles. The molecule has 0 amide bonds. The van der Waals surface area contributed by atoms with E-state index in [4.69, 9.17) is 5.26 Å².